The molecule has 2 atom stereocenters. The minimum atomic E-state index is -0.617. The van der Waals surface area contributed by atoms with Crippen LogP contribution < -0.4 is 24.9 Å². The van der Waals surface area contributed by atoms with Gasteiger partial charge in [0.25, 0.3) is 11.8 Å². The number of anilines is 2. The quantitative estimate of drug-likeness (QED) is 0.0955. The molecule has 4 aromatic carbocycles. The average molecular weight is 800 g/mol. The molecular formula is C41H33F2N10O6+. The van der Waals surface area contributed by atoms with Crippen molar-refractivity contribution < 1.29 is 41.5 Å². The lowest BCUT2D eigenvalue weighted by molar-refractivity contribution is -0.825. The van der Waals surface area contributed by atoms with Crippen molar-refractivity contribution in [2.24, 2.45) is 0 Å². The highest BCUT2D eigenvalue weighted by molar-refractivity contribution is 6.13. The number of benzene rings is 4. The van der Waals surface area contributed by atoms with Crippen molar-refractivity contribution in [3.05, 3.63) is 108 Å². The number of nitrogens with zero attached hydrogens (tertiary/aromatic N) is 6. The molecule has 18 heteroatoms. The first-order valence-electron chi connectivity index (χ1n) is 19.0. The van der Waals surface area contributed by atoms with Crippen LogP contribution in [-0.2, 0) is 0 Å². The summed E-state index contributed by atoms with van der Waals surface area (Å²) in [6, 6.07) is 19.0. The van der Waals surface area contributed by atoms with E-state index in [1.165, 1.54) is 36.8 Å². The zero-order valence-corrected chi connectivity index (χ0v) is 30.9. The summed E-state index contributed by atoms with van der Waals surface area (Å²) in [5, 5.41) is 32.5. The van der Waals surface area contributed by atoms with Crippen molar-refractivity contribution in [3.8, 4) is 34.3 Å². The second-order valence-electron chi connectivity index (χ2n) is 14.5. The summed E-state index contributed by atoms with van der Waals surface area (Å²) >= 11 is 0. The summed E-state index contributed by atoms with van der Waals surface area (Å²) in [5.74, 6) is -1.02. The van der Waals surface area contributed by atoms with Crippen molar-refractivity contribution in [2.45, 2.75) is 56.8 Å². The van der Waals surface area contributed by atoms with Gasteiger partial charge in [-0.2, -0.15) is 5.21 Å². The first-order valence-corrected chi connectivity index (χ1v) is 19.0. The SMILES string of the molecule is O=C(Nc1ccc(OC2CCC([n+]3nc(-c4ccc5c(C(=O)Nc6ccc(OC7CCC7)c(F)c6)coc5c4)n[nH]3)C2)c(F)c1)c1coc2cc(-c3nn[nH]n3)ccc12. The van der Waals surface area contributed by atoms with Gasteiger partial charge in [-0.05, 0) is 102 Å². The smallest absolute Gasteiger partial charge is 0.338 e. The highest BCUT2D eigenvalue weighted by Crippen LogP contribution is 2.34. The molecule has 8 aromatic rings. The third-order valence-corrected chi connectivity index (χ3v) is 10.7. The molecule has 0 spiro atoms. The van der Waals surface area contributed by atoms with E-state index in [-0.39, 0.29) is 41.0 Å². The molecule has 4 aromatic heterocycles. The van der Waals surface area contributed by atoms with Crippen molar-refractivity contribution in [3.63, 3.8) is 0 Å². The van der Waals surface area contributed by atoms with Crippen LogP contribution in [0.25, 0.3) is 44.7 Å². The van der Waals surface area contributed by atoms with Gasteiger partial charge in [0.05, 0.1) is 27.9 Å². The van der Waals surface area contributed by atoms with Crippen LogP contribution >= 0.6 is 0 Å². The molecule has 2 fully saturated rings. The number of aromatic nitrogens is 8. The Bertz CT molecular complexity index is 2870. The van der Waals surface area contributed by atoms with E-state index in [1.54, 1.807) is 53.3 Å². The monoisotopic (exact) mass is 799 g/mol. The Morgan fingerprint density at radius 2 is 1.32 bits per heavy atom. The molecule has 2 aliphatic rings. The first kappa shape index (κ1) is 35.9. The van der Waals surface area contributed by atoms with E-state index in [2.05, 4.69) is 46.7 Å². The first-order chi connectivity index (χ1) is 28.8. The number of rotatable bonds is 11. The van der Waals surface area contributed by atoms with Crippen LogP contribution in [0, 0.1) is 11.6 Å². The molecule has 4 heterocycles. The van der Waals surface area contributed by atoms with Crippen LogP contribution in [0.15, 0.2) is 94.2 Å². The van der Waals surface area contributed by atoms with Crippen LogP contribution in [0.3, 0.4) is 0 Å². The van der Waals surface area contributed by atoms with E-state index in [0.717, 1.165) is 19.3 Å². The van der Waals surface area contributed by atoms with E-state index in [0.29, 0.717) is 75.2 Å². The Kier molecular flexibility index (Phi) is 8.99. The van der Waals surface area contributed by atoms with E-state index >= 15 is 4.39 Å². The zero-order chi connectivity index (χ0) is 40.0. The number of fused-ring (bicyclic) bond motifs is 2. The lowest BCUT2D eigenvalue weighted by Gasteiger charge is -2.26. The third kappa shape index (κ3) is 7.08. The number of hydrogen-bond donors (Lipinski definition) is 4. The average Bonchev–Trinajstić information content (AvgIpc) is 4.07. The highest BCUT2D eigenvalue weighted by atomic mass is 19.1. The maximum Gasteiger partial charge on any atom is 0.338 e. The number of halogens is 2. The number of ether oxygens (including phenoxy) is 2. The van der Waals surface area contributed by atoms with Crippen molar-refractivity contribution in [1.82, 2.24) is 36.0 Å². The summed E-state index contributed by atoms with van der Waals surface area (Å²) < 4.78 is 53.0. The number of hydrogen-bond acceptors (Lipinski definition) is 11. The zero-order valence-electron chi connectivity index (χ0n) is 30.9. The van der Waals surface area contributed by atoms with Crippen molar-refractivity contribution in [1.29, 1.82) is 0 Å². The van der Waals surface area contributed by atoms with Crippen LogP contribution in [-0.4, -0.2) is 60.1 Å². The molecule has 2 unspecified atom stereocenters. The molecule has 0 bridgehead atoms. The Hall–Kier alpha value is -7.50. The number of nitrogens with one attached hydrogen (secondary N) is 4. The van der Waals surface area contributed by atoms with Gasteiger partial charge < -0.3 is 28.9 Å². The van der Waals surface area contributed by atoms with Crippen molar-refractivity contribution >= 4 is 45.1 Å². The maximum atomic E-state index is 15.3. The van der Waals surface area contributed by atoms with Gasteiger partial charge >= 0.3 is 5.82 Å². The molecule has 0 saturated heterocycles. The largest absolute Gasteiger partial charge is 0.487 e. The molecule has 2 aliphatic carbocycles. The Morgan fingerprint density at radius 3 is 1.88 bits per heavy atom. The molecule has 2 amide bonds. The number of H-pyrrole nitrogens is 2. The van der Waals surface area contributed by atoms with Gasteiger partial charge in [-0.1, -0.05) is 10.9 Å². The molecule has 0 aliphatic heterocycles. The minimum Gasteiger partial charge on any atom is -0.487 e. The van der Waals surface area contributed by atoms with E-state index in [4.69, 9.17) is 18.3 Å². The van der Waals surface area contributed by atoms with Gasteiger partial charge in [0.1, 0.15) is 35.8 Å². The second-order valence-corrected chi connectivity index (χ2v) is 14.5. The predicted octanol–water partition coefficient (Wildman–Crippen LogP) is 7.32. The number of tetrazole rings is 2. The Morgan fingerprint density at radius 1 is 0.712 bits per heavy atom. The van der Waals surface area contributed by atoms with Crippen LogP contribution in [0.1, 0.15) is 65.3 Å². The number of amides is 2. The summed E-state index contributed by atoms with van der Waals surface area (Å²) in [6.45, 7) is 0. The second kappa shape index (κ2) is 14.8. The van der Waals surface area contributed by atoms with Crippen LogP contribution in [0.4, 0.5) is 20.2 Å². The fraction of sp³-hybridized carbons (Fsp3) is 0.220. The summed E-state index contributed by atoms with van der Waals surface area (Å²) in [6.07, 6.45) is 7.27. The predicted molar refractivity (Wildman–Crippen MR) is 205 cm³/mol. The minimum absolute atomic E-state index is 0.0381. The fourth-order valence-corrected chi connectivity index (χ4v) is 7.34. The normalized spacial score (nSPS) is 16.6. The molecule has 0 radical (unpaired) electrons. The molecule has 59 heavy (non-hydrogen) atoms. The van der Waals surface area contributed by atoms with Gasteiger partial charge in [0, 0.05) is 46.3 Å². The van der Waals surface area contributed by atoms with E-state index in [1.807, 2.05) is 0 Å². The number of carbonyl (C=O) groups excluding carboxylic acids is 2. The summed E-state index contributed by atoms with van der Waals surface area (Å²) in [7, 11) is 0. The Labute approximate surface area is 331 Å². The molecule has 4 N–H and O–H groups in total. The molecule has 16 nitrogen and oxygen atoms in total. The lowest BCUT2D eigenvalue weighted by Crippen LogP contribution is -2.43. The number of aromatic amines is 2. The van der Waals surface area contributed by atoms with Gasteiger partial charge in [-0.3, -0.25) is 9.59 Å². The van der Waals surface area contributed by atoms with Crippen LogP contribution in [0.5, 0.6) is 11.5 Å². The topological polar surface area (TPSA) is 203 Å². The van der Waals surface area contributed by atoms with Gasteiger partial charge in [0.15, 0.2) is 23.1 Å². The number of carbonyl (C=O) groups is 2. The standard InChI is InChI=1S/C41H32F2N10O6/c42-32-16-23(6-12-34(32)58-26-2-1-3-26)44-41(55)31-20-57-37-15-22(5-11-29(31)37)39-48-52-53(49-39)25-8-9-27(18-25)59-35-13-7-24(17-33(35)43)45-40(54)30-19-56-36-14-21(4-10-28(30)36)38-46-50-51-47-38/h4-7,10-17,19-20,25-27H,1-3,8-9,18H2,(H3,44,45,46,47,50,51,54,55)/p+1. The van der Waals surface area contributed by atoms with Gasteiger partial charge in [-0.15, -0.1) is 10.2 Å². The van der Waals surface area contributed by atoms with E-state index < -0.39 is 23.4 Å². The van der Waals surface area contributed by atoms with Crippen molar-refractivity contribution in [2.75, 3.05) is 10.6 Å². The van der Waals surface area contributed by atoms with E-state index in [9.17, 15) is 14.0 Å². The fourth-order valence-electron chi connectivity index (χ4n) is 7.34. The van der Waals surface area contributed by atoms with Gasteiger partial charge in [-0.25, -0.2) is 8.78 Å². The number of furan rings is 2. The molecule has 10 rings (SSSR count). The molecule has 2 saturated carbocycles. The molecule has 296 valence electrons. The highest BCUT2D eigenvalue weighted by Gasteiger charge is 2.34. The van der Waals surface area contributed by atoms with Gasteiger partial charge in [0.2, 0.25) is 5.82 Å². The van der Waals surface area contributed by atoms with Crippen LogP contribution in [0.2, 0.25) is 0 Å². The summed E-state index contributed by atoms with van der Waals surface area (Å²) in [4.78, 5) is 27.9. The Balaban J connectivity index is 0.748. The summed E-state index contributed by atoms with van der Waals surface area (Å²) in [5.41, 5.74) is 3.37. The lowest BCUT2D eigenvalue weighted by atomic mass is 9.96. The third-order valence-electron chi connectivity index (χ3n) is 10.7. The molecular weight excluding hydrogens is 767 g/mol. The maximum absolute atomic E-state index is 15.3.